The molecule has 2 fully saturated rings. The summed E-state index contributed by atoms with van der Waals surface area (Å²) in [6.07, 6.45) is 0.969. The highest BCUT2D eigenvalue weighted by atomic mass is 16.5. The SMILES string of the molecule is COc1cc(N2CCC3(CC2)C(=O)N(CCO)C(=O)N3CC(C)C)nc(N)n1. The van der Waals surface area contributed by atoms with Crippen molar-refractivity contribution < 1.29 is 19.4 Å². The molecule has 3 rings (SSSR count). The molecule has 154 valence electrons. The van der Waals surface area contributed by atoms with E-state index < -0.39 is 5.54 Å². The zero-order valence-corrected chi connectivity index (χ0v) is 16.6. The predicted molar refractivity (Wildman–Crippen MR) is 103 cm³/mol. The Balaban J connectivity index is 1.84. The molecule has 1 aromatic heterocycles. The highest BCUT2D eigenvalue weighted by molar-refractivity contribution is 6.07. The van der Waals surface area contributed by atoms with Crippen molar-refractivity contribution in [2.24, 2.45) is 5.92 Å². The fourth-order valence-electron chi connectivity index (χ4n) is 3.98. The second-order valence-electron chi connectivity index (χ2n) is 7.61. The number of imide groups is 1. The van der Waals surface area contributed by atoms with Gasteiger partial charge in [-0.1, -0.05) is 13.8 Å². The van der Waals surface area contributed by atoms with E-state index in [1.165, 1.54) is 12.0 Å². The number of nitrogens with zero attached hydrogens (tertiary/aromatic N) is 5. The number of hydrogen-bond donors (Lipinski definition) is 2. The minimum Gasteiger partial charge on any atom is -0.481 e. The van der Waals surface area contributed by atoms with Crippen LogP contribution in [-0.2, 0) is 4.79 Å². The molecule has 10 heteroatoms. The number of rotatable bonds is 6. The van der Waals surface area contributed by atoms with Gasteiger partial charge in [0.15, 0.2) is 0 Å². The largest absolute Gasteiger partial charge is 0.481 e. The van der Waals surface area contributed by atoms with Crippen LogP contribution >= 0.6 is 0 Å². The number of carbonyl (C=O) groups is 2. The summed E-state index contributed by atoms with van der Waals surface area (Å²) in [7, 11) is 1.51. The number of amides is 3. The first-order chi connectivity index (χ1) is 13.3. The van der Waals surface area contributed by atoms with E-state index in [0.29, 0.717) is 44.2 Å². The summed E-state index contributed by atoms with van der Waals surface area (Å²) < 4.78 is 5.16. The minimum atomic E-state index is -0.865. The molecule has 1 spiro atoms. The topological polar surface area (TPSA) is 125 Å². The maximum atomic E-state index is 13.1. The summed E-state index contributed by atoms with van der Waals surface area (Å²) in [5, 5.41) is 9.27. The Morgan fingerprint density at radius 3 is 2.54 bits per heavy atom. The molecular weight excluding hydrogens is 364 g/mol. The van der Waals surface area contributed by atoms with Crippen LogP contribution in [0.15, 0.2) is 6.07 Å². The molecule has 1 aromatic rings. The van der Waals surface area contributed by atoms with E-state index in [1.807, 2.05) is 18.7 Å². The van der Waals surface area contributed by atoms with Crippen LogP contribution in [-0.4, -0.2) is 82.2 Å². The first-order valence-electron chi connectivity index (χ1n) is 9.50. The standard InChI is InChI=1S/C18H28N6O4/c1-12(2)11-24-17(27)23(8-9-25)15(26)18(24)4-6-22(7-5-18)13-10-14(28-3)21-16(19)20-13/h10,12,25H,4-9,11H2,1-3H3,(H2,19,20,21). The molecule has 3 amide bonds. The number of ether oxygens (including phenoxy) is 1. The van der Waals surface area contributed by atoms with Crippen molar-refractivity contribution in [1.82, 2.24) is 19.8 Å². The fourth-order valence-corrected chi connectivity index (χ4v) is 3.98. The molecule has 0 aromatic carbocycles. The number of hydrogen-bond acceptors (Lipinski definition) is 8. The van der Waals surface area contributed by atoms with E-state index in [-0.39, 0.29) is 37.0 Å². The Labute approximate surface area is 164 Å². The van der Waals surface area contributed by atoms with Gasteiger partial charge in [0, 0.05) is 25.7 Å². The highest BCUT2D eigenvalue weighted by Gasteiger charge is 2.57. The van der Waals surface area contributed by atoms with E-state index in [2.05, 4.69) is 9.97 Å². The number of anilines is 2. The average molecular weight is 392 g/mol. The second-order valence-corrected chi connectivity index (χ2v) is 7.61. The molecule has 0 saturated carbocycles. The third-order valence-corrected chi connectivity index (χ3v) is 5.32. The third-order valence-electron chi connectivity index (χ3n) is 5.32. The van der Waals surface area contributed by atoms with Gasteiger partial charge in [-0.05, 0) is 18.8 Å². The first kappa shape index (κ1) is 20.1. The zero-order valence-electron chi connectivity index (χ0n) is 16.6. The molecule has 0 unspecified atom stereocenters. The number of carbonyl (C=O) groups excluding carboxylic acids is 2. The van der Waals surface area contributed by atoms with Crippen molar-refractivity contribution >= 4 is 23.7 Å². The summed E-state index contributed by atoms with van der Waals surface area (Å²) in [4.78, 5) is 39.2. The third kappa shape index (κ3) is 3.44. The van der Waals surface area contributed by atoms with E-state index in [1.54, 1.807) is 11.0 Å². The predicted octanol–water partition coefficient (Wildman–Crippen LogP) is 0.319. The Morgan fingerprint density at radius 2 is 1.96 bits per heavy atom. The number of urea groups is 1. The maximum absolute atomic E-state index is 13.1. The monoisotopic (exact) mass is 392 g/mol. The molecule has 2 aliphatic heterocycles. The summed E-state index contributed by atoms with van der Waals surface area (Å²) in [5.74, 6) is 1.15. The molecule has 3 N–H and O–H groups in total. The van der Waals surface area contributed by atoms with Crippen molar-refractivity contribution in [3.63, 3.8) is 0 Å². The molecule has 2 aliphatic rings. The molecular formula is C18H28N6O4. The molecule has 0 atom stereocenters. The number of β-amino-alcohol motifs (C(OH)–C–C–N with tert-alkyl or cyclic N) is 1. The van der Waals surface area contributed by atoms with Gasteiger partial charge >= 0.3 is 6.03 Å². The van der Waals surface area contributed by atoms with E-state index in [0.717, 1.165) is 0 Å². The van der Waals surface area contributed by atoms with E-state index in [4.69, 9.17) is 10.5 Å². The molecule has 2 saturated heterocycles. The van der Waals surface area contributed by atoms with Crippen molar-refractivity contribution in [3.05, 3.63) is 6.07 Å². The molecule has 0 bridgehead atoms. The van der Waals surface area contributed by atoms with Crippen LogP contribution in [0.5, 0.6) is 5.88 Å². The molecule has 3 heterocycles. The van der Waals surface area contributed by atoms with Crippen molar-refractivity contribution in [3.8, 4) is 5.88 Å². The molecule has 0 aliphatic carbocycles. The van der Waals surface area contributed by atoms with E-state index >= 15 is 0 Å². The first-order valence-corrected chi connectivity index (χ1v) is 9.50. The van der Waals surface area contributed by atoms with Crippen LogP contribution < -0.4 is 15.4 Å². The number of piperidine rings is 1. The summed E-state index contributed by atoms with van der Waals surface area (Å²) in [6, 6.07) is 1.40. The second kappa shape index (κ2) is 7.78. The smallest absolute Gasteiger partial charge is 0.327 e. The lowest BCUT2D eigenvalue weighted by Gasteiger charge is -2.43. The lowest BCUT2D eigenvalue weighted by atomic mass is 9.85. The number of nitrogen functional groups attached to an aromatic ring is 1. The normalized spacial score (nSPS) is 19.2. The molecule has 28 heavy (non-hydrogen) atoms. The van der Waals surface area contributed by atoms with Gasteiger partial charge in [-0.2, -0.15) is 9.97 Å². The highest BCUT2D eigenvalue weighted by Crippen LogP contribution is 2.38. The number of nitrogens with two attached hydrogens (primary N) is 1. The molecule has 0 radical (unpaired) electrons. The number of aliphatic hydroxyl groups excluding tert-OH is 1. The van der Waals surface area contributed by atoms with Crippen molar-refractivity contribution in [1.29, 1.82) is 0 Å². The lowest BCUT2D eigenvalue weighted by Crippen LogP contribution is -2.57. The fraction of sp³-hybridized carbons (Fsp3) is 0.667. The van der Waals surface area contributed by atoms with Gasteiger partial charge in [0.05, 0.1) is 20.3 Å². The van der Waals surface area contributed by atoms with Crippen LogP contribution in [0.3, 0.4) is 0 Å². The van der Waals surface area contributed by atoms with Crippen LogP contribution in [0.25, 0.3) is 0 Å². The van der Waals surface area contributed by atoms with E-state index in [9.17, 15) is 14.7 Å². The van der Waals surface area contributed by atoms with Gasteiger partial charge in [0.2, 0.25) is 11.8 Å². The van der Waals surface area contributed by atoms with Crippen molar-refractivity contribution in [2.45, 2.75) is 32.2 Å². The van der Waals surface area contributed by atoms with Gasteiger partial charge in [0.25, 0.3) is 5.91 Å². The Hall–Kier alpha value is -2.62. The Kier molecular flexibility index (Phi) is 5.59. The van der Waals surface area contributed by atoms with Gasteiger partial charge in [-0.25, -0.2) is 4.79 Å². The van der Waals surface area contributed by atoms with Crippen molar-refractivity contribution in [2.75, 3.05) is 50.5 Å². The average Bonchev–Trinajstić information content (AvgIpc) is 2.84. The van der Waals surface area contributed by atoms with Gasteiger partial charge in [-0.3, -0.25) is 9.69 Å². The van der Waals surface area contributed by atoms with Gasteiger partial charge in [-0.15, -0.1) is 0 Å². The summed E-state index contributed by atoms with van der Waals surface area (Å²) in [6.45, 7) is 5.41. The number of methoxy groups -OCH3 is 1. The zero-order chi connectivity index (χ0) is 20.5. The minimum absolute atomic E-state index is 0.0252. The summed E-state index contributed by atoms with van der Waals surface area (Å²) in [5.41, 5.74) is 4.89. The Morgan fingerprint density at radius 1 is 1.29 bits per heavy atom. The quantitative estimate of drug-likeness (QED) is 0.663. The maximum Gasteiger partial charge on any atom is 0.327 e. The van der Waals surface area contributed by atoms with Gasteiger partial charge in [0.1, 0.15) is 11.4 Å². The molecule has 10 nitrogen and oxygen atoms in total. The van der Waals surface area contributed by atoms with Crippen LogP contribution in [0.2, 0.25) is 0 Å². The number of aromatic nitrogens is 2. The summed E-state index contributed by atoms with van der Waals surface area (Å²) >= 11 is 0. The van der Waals surface area contributed by atoms with Crippen LogP contribution in [0.4, 0.5) is 16.6 Å². The van der Waals surface area contributed by atoms with Crippen LogP contribution in [0, 0.1) is 5.92 Å². The Bertz CT molecular complexity index is 748. The number of aliphatic hydroxyl groups is 1. The lowest BCUT2D eigenvalue weighted by molar-refractivity contribution is -0.134. The van der Waals surface area contributed by atoms with Crippen LogP contribution in [0.1, 0.15) is 26.7 Å². The van der Waals surface area contributed by atoms with Gasteiger partial charge < -0.3 is 25.4 Å².